The van der Waals surface area contributed by atoms with Crippen LogP contribution in [0.15, 0.2) is 47.6 Å². The highest BCUT2D eigenvalue weighted by Gasteiger charge is 2.15. The van der Waals surface area contributed by atoms with Crippen molar-refractivity contribution in [3.8, 4) is 17.1 Å². The summed E-state index contributed by atoms with van der Waals surface area (Å²) >= 11 is 8.72. The minimum Gasteiger partial charge on any atom is -0.497 e. The van der Waals surface area contributed by atoms with Gasteiger partial charge in [-0.2, -0.15) is 0 Å². The molecule has 7 nitrogen and oxygen atoms in total. The summed E-state index contributed by atoms with van der Waals surface area (Å²) in [5, 5.41) is 13.3. The quantitative estimate of drug-likeness (QED) is 0.393. The molecule has 0 spiro atoms. The fourth-order valence-corrected chi connectivity index (χ4v) is 4.70. The second-order valence-electron chi connectivity index (χ2n) is 6.25. The lowest BCUT2D eigenvalue weighted by Gasteiger charge is -2.07. The lowest BCUT2D eigenvalue weighted by atomic mass is 10.2. The number of ether oxygens (including phenoxy) is 1. The third kappa shape index (κ3) is 4.43. The molecule has 2 heterocycles. The van der Waals surface area contributed by atoms with Crippen LogP contribution < -0.4 is 10.1 Å². The number of fused-ring (bicyclic) bond motifs is 1. The van der Waals surface area contributed by atoms with E-state index in [1.165, 1.54) is 23.1 Å². The van der Waals surface area contributed by atoms with Crippen molar-refractivity contribution >= 4 is 56.0 Å². The molecule has 2 aromatic heterocycles. The van der Waals surface area contributed by atoms with Gasteiger partial charge in [0.1, 0.15) is 5.75 Å². The Kier molecular flexibility index (Phi) is 6.21. The Hall–Kier alpha value is -2.62. The molecule has 0 fully saturated rings. The Morgan fingerprint density at radius 1 is 1.23 bits per heavy atom. The van der Waals surface area contributed by atoms with Gasteiger partial charge in [-0.25, -0.2) is 4.98 Å². The first-order valence-electron chi connectivity index (χ1n) is 9.13. The monoisotopic (exact) mass is 459 g/mol. The molecule has 0 unspecified atom stereocenters. The summed E-state index contributed by atoms with van der Waals surface area (Å²) in [6.45, 7) is 2.71. The minimum absolute atomic E-state index is 0.148. The van der Waals surface area contributed by atoms with Crippen LogP contribution in [0.1, 0.15) is 6.92 Å². The number of benzene rings is 2. The number of methoxy groups -OCH3 is 1. The molecular formula is C20H18ClN5O2S2. The van der Waals surface area contributed by atoms with Gasteiger partial charge in [0.2, 0.25) is 5.91 Å². The van der Waals surface area contributed by atoms with E-state index in [-0.39, 0.29) is 11.7 Å². The summed E-state index contributed by atoms with van der Waals surface area (Å²) < 4.78 is 8.16. The first-order valence-corrected chi connectivity index (χ1v) is 11.3. The number of rotatable bonds is 7. The summed E-state index contributed by atoms with van der Waals surface area (Å²) in [4.78, 5) is 16.9. The number of aromatic nitrogens is 4. The molecule has 0 aliphatic carbocycles. The smallest absolute Gasteiger partial charge is 0.236 e. The number of nitrogens with zero attached hydrogens (tertiary/aromatic N) is 4. The Balaban J connectivity index is 1.43. The molecule has 10 heteroatoms. The summed E-state index contributed by atoms with van der Waals surface area (Å²) in [7, 11) is 1.62. The number of hydrogen-bond donors (Lipinski definition) is 1. The molecule has 4 aromatic rings. The molecule has 0 radical (unpaired) electrons. The molecule has 0 saturated heterocycles. The third-order valence-corrected chi connectivity index (χ3v) is 6.46. The Bertz CT molecular complexity index is 1190. The van der Waals surface area contributed by atoms with Crippen LogP contribution in [0.4, 0.5) is 5.13 Å². The maximum atomic E-state index is 12.4. The molecule has 0 bridgehead atoms. The van der Waals surface area contributed by atoms with E-state index >= 15 is 0 Å². The molecule has 154 valence electrons. The van der Waals surface area contributed by atoms with Crippen LogP contribution in [-0.2, 0) is 11.3 Å². The zero-order valence-electron chi connectivity index (χ0n) is 16.3. The number of halogens is 1. The van der Waals surface area contributed by atoms with Crippen molar-refractivity contribution in [3.63, 3.8) is 0 Å². The van der Waals surface area contributed by atoms with Gasteiger partial charge >= 0.3 is 0 Å². The molecule has 30 heavy (non-hydrogen) atoms. The number of amides is 1. The van der Waals surface area contributed by atoms with Gasteiger partial charge in [0.25, 0.3) is 0 Å². The van der Waals surface area contributed by atoms with Gasteiger partial charge in [-0.1, -0.05) is 34.7 Å². The molecule has 0 aliphatic heterocycles. The summed E-state index contributed by atoms with van der Waals surface area (Å²) in [5.74, 6) is 1.56. The fourth-order valence-electron chi connectivity index (χ4n) is 2.86. The first kappa shape index (κ1) is 20.6. The van der Waals surface area contributed by atoms with Crippen molar-refractivity contribution in [1.82, 2.24) is 19.7 Å². The van der Waals surface area contributed by atoms with Crippen molar-refractivity contribution in [2.24, 2.45) is 0 Å². The average molecular weight is 460 g/mol. The van der Waals surface area contributed by atoms with Crippen LogP contribution in [-0.4, -0.2) is 38.5 Å². The van der Waals surface area contributed by atoms with Crippen molar-refractivity contribution in [2.45, 2.75) is 18.6 Å². The SMILES string of the molecule is CCn1c(SCC(=O)Nc2nc3ccc(OC)cc3s2)nnc1-c1ccc(Cl)cc1. The molecule has 4 rings (SSSR count). The molecule has 2 aromatic carbocycles. The highest BCUT2D eigenvalue weighted by Crippen LogP contribution is 2.30. The zero-order chi connectivity index (χ0) is 21.1. The second kappa shape index (κ2) is 9.03. The van der Waals surface area contributed by atoms with Crippen LogP contribution >= 0.6 is 34.7 Å². The average Bonchev–Trinajstić information content (AvgIpc) is 3.35. The Morgan fingerprint density at radius 2 is 2.03 bits per heavy atom. The fraction of sp³-hybridized carbons (Fsp3) is 0.200. The lowest BCUT2D eigenvalue weighted by molar-refractivity contribution is -0.113. The normalized spacial score (nSPS) is 11.0. The lowest BCUT2D eigenvalue weighted by Crippen LogP contribution is -2.14. The third-order valence-electron chi connectivity index (χ3n) is 4.31. The molecule has 1 amide bonds. The van der Waals surface area contributed by atoms with Crippen molar-refractivity contribution < 1.29 is 9.53 Å². The van der Waals surface area contributed by atoms with Gasteiger partial charge in [0.05, 0.1) is 23.1 Å². The Morgan fingerprint density at radius 3 is 2.77 bits per heavy atom. The number of nitrogens with one attached hydrogen (secondary N) is 1. The maximum absolute atomic E-state index is 12.4. The van der Waals surface area contributed by atoms with Gasteiger partial charge in [-0.15, -0.1) is 10.2 Å². The van der Waals surface area contributed by atoms with Gasteiger partial charge in [0.15, 0.2) is 16.1 Å². The minimum atomic E-state index is -0.148. The number of anilines is 1. The van der Waals surface area contributed by atoms with Crippen LogP contribution in [0.5, 0.6) is 5.75 Å². The topological polar surface area (TPSA) is 81.9 Å². The van der Waals surface area contributed by atoms with E-state index in [4.69, 9.17) is 16.3 Å². The van der Waals surface area contributed by atoms with E-state index in [9.17, 15) is 4.79 Å². The van der Waals surface area contributed by atoms with Crippen molar-refractivity contribution in [1.29, 1.82) is 0 Å². The number of carbonyl (C=O) groups excluding carboxylic acids is 1. The second-order valence-corrected chi connectivity index (χ2v) is 8.66. The van der Waals surface area contributed by atoms with Crippen LogP contribution in [0, 0.1) is 0 Å². The number of hydrogen-bond acceptors (Lipinski definition) is 7. The van der Waals surface area contributed by atoms with Crippen LogP contribution in [0.2, 0.25) is 5.02 Å². The number of thiazole rings is 1. The summed E-state index contributed by atoms with van der Waals surface area (Å²) in [6.07, 6.45) is 0. The highest BCUT2D eigenvalue weighted by atomic mass is 35.5. The van der Waals surface area contributed by atoms with Crippen molar-refractivity contribution in [3.05, 3.63) is 47.5 Å². The number of thioether (sulfide) groups is 1. The maximum Gasteiger partial charge on any atom is 0.236 e. The van der Waals surface area contributed by atoms with Gasteiger partial charge in [-0.05, 0) is 49.4 Å². The van der Waals surface area contributed by atoms with Gasteiger partial charge < -0.3 is 14.6 Å². The standard InChI is InChI=1S/C20H18ClN5O2S2/c1-3-26-18(12-4-6-13(21)7-5-12)24-25-20(26)29-11-17(27)23-19-22-15-9-8-14(28-2)10-16(15)30-19/h4-10H,3,11H2,1-2H3,(H,22,23,27). The molecule has 0 aliphatic rings. The Labute approximate surface area is 186 Å². The van der Waals surface area contributed by atoms with Crippen LogP contribution in [0.25, 0.3) is 21.6 Å². The first-order chi connectivity index (χ1) is 14.6. The predicted molar refractivity (Wildman–Crippen MR) is 122 cm³/mol. The predicted octanol–water partition coefficient (Wildman–Crippen LogP) is 4.97. The van der Waals surface area contributed by atoms with E-state index in [0.717, 1.165) is 27.4 Å². The largest absolute Gasteiger partial charge is 0.497 e. The van der Waals surface area contributed by atoms with Gasteiger partial charge in [-0.3, -0.25) is 4.79 Å². The molecule has 1 N–H and O–H groups in total. The highest BCUT2D eigenvalue weighted by molar-refractivity contribution is 7.99. The van der Waals surface area contributed by atoms with Gasteiger partial charge in [0, 0.05) is 17.1 Å². The van der Waals surface area contributed by atoms with Crippen LogP contribution in [0.3, 0.4) is 0 Å². The van der Waals surface area contributed by atoms with E-state index in [1.807, 2.05) is 54.0 Å². The zero-order valence-corrected chi connectivity index (χ0v) is 18.6. The summed E-state index contributed by atoms with van der Waals surface area (Å²) in [6, 6.07) is 13.1. The van der Waals surface area contributed by atoms with E-state index < -0.39 is 0 Å². The number of carbonyl (C=O) groups is 1. The van der Waals surface area contributed by atoms with E-state index in [2.05, 4.69) is 20.5 Å². The molecular weight excluding hydrogens is 442 g/mol. The van der Waals surface area contributed by atoms with E-state index in [1.54, 1.807) is 7.11 Å². The van der Waals surface area contributed by atoms with E-state index in [0.29, 0.717) is 21.9 Å². The summed E-state index contributed by atoms with van der Waals surface area (Å²) in [5.41, 5.74) is 1.75. The molecule has 0 saturated carbocycles. The molecule has 0 atom stereocenters. The van der Waals surface area contributed by atoms with Crippen molar-refractivity contribution in [2.75, 3.05) is 18.2 Å².